The lowest BCUT2D eigenvalue weighted by molar-refractivity contribution is 0.483. The van der Waals surface area contributed by atoms with Gasteiger partial charge in [0.2, 0.25) is 10.0 Å². The molecular weight excluding hydrogens is 318 g/mol. The van der Waals surface area contributed by atoms with Gasteiger partial charge in [0.25, 0.3) is 0 Å². The molecule has 1 N–H and O–H groups in total. The van der Waals surface area contributed by atoms with E-state index in [2.05, 4.69) is 4.72 Å². The average molecular weight is 333 g/mol. The van der Waals surface area contributed by atoms with Crippen LogP contribution in [-0.4, -0.2) is 15.0 Å². The molecule has 4 nitrogen and oxygen atoms in total. The van der Waals surface area contributed by atoms with E-state index >= 15 is 0 Å². The first kappa shape index (κ1) is 15.0. The Morgan fingerprint density at radius 1 is 1.05 bits per heavy atom. The number of hydrogen-bond acceptors (Lipinski definition) is 4. The number of thiophene rings is 1. The Hall–Kier alpha value is -1.89. The predicted octanol–water partition coefficient (Wildman–Crippen LogP) is 3.45. The number of rotatable bonds is 6. The zero-order valence-corrected chi connectivity index (χ0v) is 13.3. The molecular formula is C16H15NO3S2. The summed E-state index contributed by atoms with van der Waals surface area (Å²) in [5, 5.41) is 1.97. The van der Waals surface area contributed by atoms with E-state index in [0.29, 0.717) is 0 Å². The van der Waals surface area contributed by atoms with E-state index in [1.165, 1.54) is 0 Å². The minimum absolute atomic E-state index is 0.131. The molecule has 114 valence electrons. The molecule has 0 fully saturated rings. The fourth-order valence-electron chi connectivity index (χ4n) is 2.20. The molecule has 2 aromatic heterocycles. The van der Waals surface area contributed by atoms with Crippen molar-refractivity contribution in [2.24, 2.45) is 0 Å². The van der Waals surface area contributed by atoms with Crippen LogP contribution < -0.4 is 4.72 Å². The van der Waals surface area contributed by atoms with Crippen molar-refractivity contribution in [2.45, 2.75) is 10.8 Å². The molecule has 0 saturated heterocycles. The van der Waals surface area contributed by atoms with Crippen molar-refractivity contribution in [3.8, 4) is 0 Å². The SMILES string of the molecule is O=S(=O)(NC[C@@H](c1ccco1)c1cccs1)c1ccccc1. The molecule has 0 unspecified atom stereocenters. The van der Waals surface area contributed by atoms with Crippen molar-refractivity contribution in [1.29, 1.82) is 0 Å². The standard InChI is InChI=1S/C16H15NO3S2/c18-22(19,13-6-2-1-3-7-13)17-12-14(15-8-4-10-20-15)16-9-5-11-21-16/h1-11,14,17H,12H2/t14-/m0/s1. The second-order valence-electron chi connectivity index (χ2n) is 4.75. The normalized spacial score (nSPS) is 13.1. The van der Waals surface area contributed by atoms with Gasteiger partial charge in [0, 0.05) is 11.4 Å². The van der Waals surface area contributed by atoms with E-state index < -0.39 is 10.0 Å². The van der Waals surface area contributed by atoms with Crippen LogP contribution >= 0.6 is 11.3 Å². The lowest BCUT2D eigenvalue weighted by Gasteiger charge is -2.14. The average Bonchev–Trinajstić information content (AvgIpc) is 3.22. The van der Waals surface area contributed by atoms with Crippen molar-refractivity contribution >= 4 is 21.4 Å². The Kier molecular flexibility index (Phi) is 4.42. The molecule has 1 atom stereocenters. The van der Waals surface area contributed by atoms with Crippen LogP contribution in [0.3, 0.4) is 0 Å². The van der Waals surface area contributed by atoms with Crippen LogP contribution in [0, 0.1) is 0 Å². The Bertz CT molecular complexity index is 760. The number of furan rings is 1. The maximum absolute atomic E-state index is 12.3. The van der Waals surface area contributed by atoms with Crippen LogP contribution in [0.1, 0.15) is 16.6 Å². The van der Waals surface area contributed by atoms with Gasteiger partial charge in [-0.15, -0.1) is 11.3 Å². The zero-order valence-electron chi connectivity index (χ0n) is 11.7. The minimum atomic E-state index is -3.52. The molecule has 0 radical (unpaired) electrons. The summed E-state index contributed by atoms with van der Waals surface area (Å²) in [7, 11) is -3.52. The molecule has 3 rings (SSSR count). The first-order chi connectivity index (χ1) is 10.7. The van der Waals surface area contributed by atoms with Gasteiger partial charge in [-0.2, -0.15) is 0 Å². The van der Waals surface area contributed by atoms with Crippen molar-refractivity contribution < 1.29 is 12.8 Å². The van der Waals surface area contributed by atoms with Crippen molar-refractivity contribution in [2.75, 3.05) is 6.54 Å². The molecule has 22 heavy (non-hydrogen) atoms. The molecule has 0 spiro atoms. The summed E-state index contributed by atoms with van der Waals surface area (Å²) in [6.07, 6.45) is 1.60. The summed E-state index contributed by atoms with van der Waals surface area (Å²) in [6, 6.07) is 16.0. The van der Waals surface area contributed by atoms with Crippen molar-refractivity contribution in [3.63, 3.8) is 0 Å². The molecule has 6 heteroatoms. The van der Waals surface area contributed by atoms with Gasteiger partial charge in [-0.1, -0.05) is 24.3 Å². The first-order valence-corrected chi connectivity index (χ1v) is 9.14. The molecule has 0 aliphatic rings. The van der Waals surface area contributed by atoms with Crippen LogP contribution in [0.2, 0.25) is 0 Å². The van der Waals surface area contributed by atoms with Gasteiger partial charge in [-0.25, -0.2) is 13.1 Å². The topological polar surface area (TPSA) is 59.3 Å². The second-order valence-corrected chi connectivity index (χ2v) is 7.49. The van der Waals surface area contributed by atoms with E-state index in [0.717, 1.165) is 10.6 Å². The third-order valence-electron chi connectivity index (χ3n) is 3.30. The van der Waals surface area contributed by atoms with Crippen molar-refractivity contribution in [3.05, 3.63) is 76.9 Å². The number of nitrogens with one attached hydrogen (secondary N) is 1. The number of hydrogen-bond donors (Lipinski definition) is 1. The number of sulfonamides is 1. The lowest BCUT2D eigenvalue weighted by Crippen LogP contribution is -2.28. The highest BCUT2D eigenvalue weighted by Crippen LogP contribution is 2.28. The molecule has 0 bridgehead atoms. The Morgan fingerprint density at radius 2 is 1.86 bits per heavy atom. The monoisotopic (exact) mass is 333 g/mol. The van der Waals surface area contributed by atoms with Gasteiger partial charge >= 0.3 is 0 Å². The van der Waals surface area contributed by atoms with Crippen LogP contribution in [0.25, 0.3) is 0 Å². The van der Waals surface area contributed by atoms with E-state index in [4.69, 9.17) is 4.42 Å². The summed E-state index contributed by atoms with van der Waals surface area (Å²) in [4.78, 5) is 1.32. The Labute approximate surface area is 133 Å². The van der Waals surface area contributed by atoms with Gasteiger partial charge < -0.3 is 4.42 Å². The predicted molar refractivity (Wildman–Crippen MR) is 86.5 cm³/mol. The third kappa shape index (κ3) is 3.30. The van der Waals surface area contributed by atoms with Gasteiger partial charge in [-0.05, 0) is 35.7 Å². The Morgan fingerprint density at radius 3 is 2.50 bits per heavy atom. The Balaban J connectivity index is 1.81. The maximum atomic E-state index is 12.3. The summed E-state index contributed by atoms with van der Waals surface area (Å²) >= 11 is 1.58. The van der Waals surface area contributed by atoms with E-state index in [1.807, 2.05) is 29.6 Å². The van der Waals surface area contributed by atoms with Crippen LogP contribution in [0.5, 0.6) is 0 Å². The van der Waals surface area contributed by atoms with Crippen LogP contribution in [0.15, 0.2) is 75.6 Å². The fourth-order valence-corrected chi connectivity index (χ4v) is 4.10. The van der Waals surface area contributed by atoms with Gasteiger partial charge in [0.15, 0.2) is 0 Å². The van der Waals surface area contributed by atoms with E-state index in [9.17, 15) is 8.42 Å². The summed E-state index contributed by atoms with van der Waals surface area (Å²) < 4.78 is 32.8. The molecule has 1 aromatic carbocycles. The third-order valence-corrected chi connectivity index (χ3v) is 5.73. The van der Waals surface area contributed by atoms with Crippen molar-refractivity contribution in [1.82, 2.24) is 4.72 Å². The maximum Gasteiger partial charge on any atom is 0.240 e. The highest BCUT2D eigenvalue weighted by molar-refractivity contribution is 7.89. The molecule has 2 heterocycles. The molecule has 0 amide bonds. The molecule has 0 aliphatic heterocycles. The number of benzene rings is 1. The smallest absolute Gasteiger partial charge is 0.240 e. The largest absolute Gasteiger partial charge is 0.469 e. The lowest BCUT2D eigenvalue weighted by atomic mass is 10.1. The summed E-state index contributed by atoms with van der Waals surface area (Å²) in [5.41, 5.74) is 0. The highest BCUT2D eigenvalue weighted by Gasteiger charge is 2.21. The van der Waals surface area contributed by atoms with E-state index in [1.54, 1.807) is 47.9 Å². The highest BCUT2D eigenvalue weighted by atomic mass is 32.2. The molecule has 0 aliphatic carbocycles. The summed E-state index contributed by atoms with van der Waals surface area (Å²) in [5.74, 6) is 0.617. The summed E-state index contributed by atoms with van der Waals surface area (Å²) in [6.45, 7) is 0.255. The quantitative estimate of drug-likeness (QED) is 0.751. The van der Waals surface area contributed by atoms with Gasteiger partial charge in [0.05, 0.1) is 17.1 Å². The van der Waals surface area contributed by atoms with Crippen LogP contribution in [-0.2, 0) is 10.0 Å². The van der Waals surface area contributed by atoms with Crippen LogP contribution in [0.4, 0.5) is 0 Å². The zero-order chi connectivity index (χ0) is 15.4. The second kappa shape index (κ2) is 6.48. The molecule has 0 saturated carbocycles. The van der Waals surface area contributed by atoms with Gasteiger partial charge in [0.1, 0.15) is 5.76 Å². The van der Waals surface area contributed by atoms with E-state index in [-0.39, 0.29) is 17.4 Å². The fraction of sp³-hybridized carbons (Fsp3) is 0.125. The first-order valence-electron chi connectivity index (χ1n) is 6.78. The minimum Gasteiger partial charge on any atom is -0.469 e. The molecule has 3 aromatic rings. The van der Waals surface area contributed by atoms with Gasteiger partial charge in [-0.3, -0.25) is 0 Å².